The molecule has 0 saturated heterocycles. The molecule has 21 heavy (non-hydrogen) atoms. The molecule has 0 unspecified atom stereocenters. The SMILES string of the molecule is Cc1cc(S(=O)(=O)N(CCC(C)C)C2CC2)cc(N)c1C. The summed E-state index contributed by atoms with van der Waals surface area (Å²) >= 11 is 0. The number of hydrogen-bond donors (Lipinski definition) is 1. The van der Waals surface area contributed by atoms with E-state index in [9.17, 15) is 8.42 Å². The molecular formula is C16H26N2O2S. The van der Waals surface area contributed by atoms with Crippen LogP contribution in [0.1, 0.15) is 44.2 Å². The van der Waals surface area contributed by atoms with Crippen molar-refractivity contribution in [3.63, 3.8) is 0 Å². The molecule has 2 N–H and O–H groups in total. The number of hydrogen-bond acceptors (Lipinski definition) is 3. The first kappa shape index (κ1) is 16.3. The molecule has 2 rings (SSSR count). The van der Waals surface area contributed by atoms with Crippen molar-refractivity contribution in [3.8, 4) is 0 Å². The molecule has 0 radical (unpaired) electrons. The molecule has 0 bridgehead atoms. The maximum absolute atomic E-state index is 12.9. The number of rotatable bonds is 6. The molecule has 0 amide bonds. The van der Waals surface area contributed by atoms with Gasteiger partial charge in [0, 0.05) is 18.3 Å². The highest BCUT2D eigenvalue weighted by atomic mass is 32.2. The topological polar surface area (TPSA) is 63.4 Å². The van der Waals surface area contributed by atoms with Gasteiger partial charge in [0.25, 0.3) is 0 Å². The molecule has 1 aliphatic rings. The first-order chi connectivity index (χ1) is 9.73. The minimum Gasteiger partial charge on any atom is -0.398 e. The highest BCUT2D eigenvalue weighted by Crippen LogP contribution is 2.34. The number of nitrogens with two attached hydrogens (primary N) is 1. The molecule has 0 spiro atoms. The Morgan fingerprint density at radius 1 is 1.29 bits per heavy atom. The summed E-state index contributed by atoms with van der Waals surface area (Å²) in [5.41, 5.74) is 8.38. The van der Waals surface area contributed by atoms with Crippen molar-refractivity contribution in [2.45, 2.75) is 57.9 Å². The average Bonchev–Trinajstić information content (AvgIpc) is 3.19. The van der Waals surface area contributed by atoms with Crippen LogP contribution < -0.4 is 5.73 Å². The average molecular weight is 310 g/mol. The highest BCUT2D eigenvalue weighted by Gasteiger charge is 2.38. The highest BCUT2D eigenvalue weighted by molar-refractivity contribution is 7.89. The van der Waals surface area contributed by atoms with Crippen molar-refractivity contribution in [1.29, 1.82) is 0 Å². The van der Waals surface area contributed by atoms with E-state index in [1.165, 1.54) is 0 Å². The van der Waals surface area contributed by atoms with E-state index in [0.29, 0.717) is 23.0 Å². The number of sulfonamides is 1. The normalized spacial score (nSPS) is 15.9. The summed E-state index contributed by atoms with van der Waals surface area (Å²) in [6, 6.07) is 3.52. The summed E-state index contributed by atoms with van der Waals surface area (Å²) in [5.74, 6) is 0.492. The standard InChI is InChI=1S/C16H26N2O2S/c1-11(2)7-8-18(14-5-6-14)21(19,20)15-9-12(3)13(4)16(17)10-15/h9-11,14H,5-8,17H2,1-4H3. The quantitative estimate of drug-likeness (QED) is 0.821. The molecule has 118 valence electrons. The second-order valence-electron chi connectivity index (χ2n) is 6.48. The third kappa shape index (κ3) is 3.58. The molecule has 1 saturated carbocycles. The van der Waals surface area contributed by atoms with E-state index < -0.39 is 10.0 Å². The van der Waals surface area contributed by atoms with Crippen LogP contribution in [0.4, 0.5) is 5.69 Å². The Bertz CT molecular complexity index is 596. The van der Waals surface area contributed by atoms with E-state index in [-0.39, 0.29) is 6.04 Å². The molecule has 1 aromatic carbocycles. The van der Waals surface area contributed by atoms with Crippen LogP contribution in [-0.4, -0.2) is 25.3 Å². The summed E-state index contributed by atoms with van der Waals surface area (Å²) in [6.45, 7) is 8.65. The number of nitrogens with zero attached hydrogens (tertiary/aromatic N) is 1. The lowest BCUT2D eigenvalue weighted by molar-refractivity contribution is 0.373. The third-order valence-corrected chi connectivity index (χ3v) is 6.10. The van der Waals surface area contributed by atoms with Crippen molar-refractivity contribution in [2.24, 2.45) is 5.92 Å². The van der Waals surface area contributed by atoms with Crippen LogP contribution in [0, 0.1) is 19.8 Å². The Balaban J connectivity index is 2.34. The smallest absolute Gasteiger partial charge is 0.243 e. The first-order valence-electron chi connectivity index (χ1n) is 7.62. The summed E-state index contributed by atoms with van der Waals surface area (Å²) in [7, 11) is -3.44. The predicted octanol–water partition coefficient (Wildman–Crippen LogP) is 3.08. The first-order valence-corrected chi connectivity index (χ1v) is 9.06. The summed E-state index contributed by atoms with van der Waals surface area (Å²) in [6.07, 6.45) is 2.82. The maximum atomic E-state index is 12.9. The van der Waals surface area contributed by atoms with Crippen LogP contribution in [0.3, 0.4) is 0 Å². The van der Waals surface area contributed by atoms with Crippen LogP contribution in [0.15, 0.2) is 17.0 Å². The largest absolute Gasteiger partial charge is 0.398 e. The Morgan fingerprint density at radius 2 is 1.90 bits per heavy atom. The molecule has 4 nitrogen and oxygen atoms in total. The van der Waals surface area contributed by atoms with Crippen LogP contribution in [-0.2, 0) is 10.0 Å². The van der Waals surface area contributed by atoms with Gasteiger partial charge in [-0.1, -0.05) is 13.8 Å². The lowest BCUT2D eigenvalue weighted by atomic mass is 10.1. The molecule has 1 aliphatic carbocycles. The molecule has 0 heterocycles. The van der Waals surface area contributed by atoms with Gasteiger partial charge in [-0.25, -0.2) is 8.42 Å². The van der Waals surface area contributed by atoms with Crippen molar-refractivity contribution in [3.05, 3.63) is 23.3 Å². The van der Waals surface area contributed by atoms with E-state index in [0.717, 1.165) is 30.4 Å². The predicted molar refractivity (Wildman–Crippen MR) is 86.7 cm³/mol. The van der Waals surface area contributed by atoms with Crippen LogP contribution >= 0.6 is 0 Å². The molecular weight excluding hydrogens is 284 g/mol. The number of nitrogen functional groups attached to an aromatic ring is 1. The number of aryl methyl sites for hydroxylation is 1. The second-order valence-corrected chi connectivity index (χ2v) is 8.37. The lowest BCUT2D eigenvalue weighted by Crippen LogP contribution is -2.34. The van der Waals surface area contributed by atoms with Gasteiger partial charge in [-0.15, -0.1) is 0 Å². The van der Waals surface area contributed by atoms with Crippen molar-refractivity contribution in [2.75, 3.05) is 12.3 Å². The van der Waals surface area contributed by atoms with Crippen molar-refractivity contribution < 1.29 is 8.42 Å². The summed E-state index contributed by atoms with van der Waals surface area (Å²) in [5, 5.41) is 0. The van der Waals surface area contributed by atoms with Gasteiger partial charge in [-0.2, -0.15) is 4.31 Å². The monoisotopic (exact) mass is 310 g/mol. The fourth-order valence-corrected chi connectivity index (χ4v) is 4.21. The Morgan fingerprint density at radius 3 is 2.38 bits per heavy atom. The minimum atomic E-state index is -3.44. The Kier molecular flexibility index (Phi) is 4.63. The molecule has 5 heteroatoms. The van der Waals surface area contributed by atoms with Crippen molar-refractivity contribution in [1.82, 2.24) is 4.31 Å². The lowest BCUT2D eigenvalue weighted by Gasteiger charge is -2.23. The van der Waals surface area contributed by atoms with Gasteiger partial charge >= 0.3 is 0 Å². The van der Waals surface area contributed by atoms with Gasteiger partial charge in [0.05, 0.1) is 4.90 Å². The number of anilines is 1. The molecule has 0 aromatic heterocycles. The van der Waals surface area contributed by atoms with Crippen LogP contribution in [0.25, 0.3) is 0 Å². The zero-order chi connectivity index (χ0) is 15.8. The van der Waals surface area contributed by atoms with E-state index in [2.05, 4.69) is 13.8 Å². The van der Waals surface area contributed by atoms with Crippen LogP contribution in [0.2, 0.25) is 0 Å². The second kappa shape index (κ2) is 5.97. The van der Waals surface area contributed by atoms with Crippen LogP contribution in [0.5, 0.6) is 0 Å². The molecule has 0 atom stereocenters. The van der Waals surface area contributed by atoms with Gasteiger partial charge in [0.1, 0.15) is 0 Å². The van der Waals surface area contributed by atoms with E-state index in [1.807, 2.05) is 13.8 Å². The Labute approximate surface area is 128 Å². The van der Waals surface area contributed by atoms with Gasteiger partial charge in [-0.05, 0) is 62.3 Å². The zero-order valence-corrected chi connectivity index (χ0v) is 14.2. The maximum Gasteiger partial charge on any atom is 0.243 e. The van der Waals surface area contributed by atoms with E-state index >= 15 is 0 Å². The van der Waals surface area contributed by atoms with Gasteiger partial charge in [0.2, 0.25) is 10.0 Å². The molecule has 0 aliphatic heterocycles. The third-order valence-electron chi connectivity index (χ3n) is 4.17. The van der Waals surface area contributed by atoms with Gasteiger partial charge < -0.3 is 5.73 Å². The summed E-state index contributed by atoms with van der Waals surface area (Å²) in [4.78, 5) is 0.332. The van der Waals surface area contributed by atoms with E-state index in [1.54, 1.807) is 16.4 Å². The summed E-state index contributed by atoms with van der Waals surface area (Å²) < 4.78 is 27.5. The van der Waals surface area contributed by atoms with Crippen molar-refractivity contribution >= 4 is 15.7 Å². The fraction of sp³-hybridized carbons (Fsp3) is 0.625. The fourth-order valence-electron chi connectivity index (χ4n) is 2.38. The molecule has 1 fully saturated rings. The molecule has 1 aromatic rings. The van der Waals surface area contributed by atoms with Gasteiger partial charge in [0.15, 0.2) is 0 Å². The van der Waals surface area contributed by atoms with E-state index in [4.69, 9.17) is 5.73 Å². The number of benzene rings is 1. The Hall–Kier alpha value is -1.07. The van der Waals surface area contributed by atoms with Gasteiger partial charge in [-0.3, -0.25) is 0 Å². The minimum absolute atomic E-state index is 0.177. The zero-order valence-electron chi connectivity index (χ0n) is 13.4.